The van der Waals surface area contributed by atoms with Gasteiger partial charge < -0.3 is 9.32 Å². The summed E-state index contributed by atoms with van der Waals surface area (Å²) in [7, 11) is 0. The quantitative estimate of drug-likeness (QED) is 0.173. The molecule has 2 nitrogen and oxygen atoms in total. The molecule has 0 unspecified atom stereocenters. The zero-order valence-corrected chi connectivity index (χ0v) is 34.3. The Labute approximate surface area is 351 Å². The number of para-hydroxylation sites is 1. The van der Waals surface area contributed by atoms with Crippen molar-refractivity contribution in [3.8, 4) is 44.5 Å². The van der Waals surface area contributed by atoms with Crippen LogP contribution >= 0.6 is 0 Å². The molecular weight excluding hydrogens is 727 g/mol. The van der Waals surface area contributed by atoms with Crippen molar-refractivity contribution >= 4 is 49.8 Å². The van der Waals surface area contributed by atoms with E-state index in [2.05, 4.69) is 209 Å². The fourth-order valence-corrected chi connectivity index (χ4v) is 10.4. The molecule has 0 radical (unpaired) electrons. The largest absolute Gasteiger partial charge is 0.456 e. The highest BCUT2D eigenvalue weighted by Crippen LogP contribution is 2.54. The van der Waals surface area contributed by atoms with Gasteiger partial charge in [0, 0.05) is 38.7 Å². The SMILES string of the molecule is CC1(C)c2cc(-c3ccccc3)ccc2-c2ccc(N(c3ccc4c(c3)C(C)(C)c3cc(-c5ccc6oc7ccccc7c6c5)ccc3-4)c3ccc4ccccc4c3)cc21. The Morgan fingerprint density at radius 3 is 1.47 bits per heavy atom. The Kier molecular flexibility index (Phi) is 7.36. The number of anilines is 3. The predicted molar refractivity (Wildman–Crippen MR) is 252 cm³/mol. The summed E-state index contributed by atoms with van der Waals surface area (Å²) in [6, 6.07) is 69.5. The first-order valence-electron chi connectivity index (χ1n) is 21.1. The van der Waals surface area contributed by atoms with Crippen LogP contribution in [-0.2, 0) is 10.8 Å². The lowest BCUT2D eigenvalue weighted by molar-refractivity contribution is 0.660. The Balaban J connectivity index is 0.967. The molecule has 10 aromatic rings. The highest BCUT2D eigenvalue weighted by atomic mass is 16.3. The molecule has 0 aliphatic heterocycles. The van der Waals surface area contributed by atoms with Crippen LogP contribution < -0.4 is 4.90 Å². The van der Waals surface area contributed by atoms with E-state index in [-0.39, 0.29) is 10.8 Å². The molecule has 0 amide bonds. The van der Waals surface area contributed by atoms with Gasteiger partial charge in [0.25, 0.3) is 0 Å². The van der Waals surface area contributed by atoms with Gasteiger partial charge in [-0.25, -0.2) is 0 Å². The molecule has 0 bridgehead atoms. The van der Waals surface area contributed by atoms with E-state index in [1.54, 1.807) is 0 Å². The predicted octanol–water partition coefficient (Wildman–Crippen LogP) is 16.2. The Morgan fingerprint density at radius 1 is 0.333 bits per heavy atom. The summed E-state index contributed by atoms with van der Waals surface area (Å²) < 4.78 is 6.17. The summed E-state index contributed by atoms with van der Waals surface area (Å²) in [4.78, 5) is 2.47. The minimum Gasteiger partial charge on any atom is -0.456 e. The minimum absolute atomic E-state index is 0.172. The van der Waals surface area contributed by atoms with Gasteiger partial charge in [0.05, 0.1) is 0 Å². The van der Waals surface area contributed by atoms with E-state index in [0.29, 0.717) is 0 Å². The number of rotatable bonds is 5. The van der Waals surface area contributed by atoms with Crippen molar-refractivity contribution in [1.82, 2.24) is 0 Å². The Hall–Kier alpha value is -7.16. The van der Waals surface area contributed by atoms with Gasteiger partial charge in [-0.15, -0.1) is 0 Å². The van der Waals surface area contributed by atoms with Crippen molar-refractivity contribution in [2.24, 2.45) is 0 Å². The molecule has 0 fully saturated rings. The summed E-state index contributed by atoms with van der Waals surface area (Å²) in [6.45, 7) is 9.54. The van der Waals surface area contributed by atoms with Crippen LogP contribution in [0.3, 0.4) is 0 Å². The van der Waals surface area contributed by atoms with Crippen molar-refractivity contribution in [3.63, 3.8) is 0 Å². The zero-order chi connectivity index (χ0) is 40.3. The highest BCUT2D eigenvalue weighted by molar-refractivity contribution is 6.06. The molecule has 0 saturated heterocycles. The van der Waals surface area contributed by atoms with E-state index in [1.807, 2.05) is 12.1 Å². The van der Waals surface area contributed by atoms with Crippen LogP contribution in [0.25, 0.3) is 77.2 Å². The van der Waals surface area contributed by atoms with Crippen molar-refractivity contribution < 1.29 is 4.42 Å². The van der Waals surface area contributed by atoms with E-state index in [4.69, 9.17) is 4.42 Å². The van der Waals surface area contributed by atoms with Gasteiger partial charge >= 0.3 is 0 Å². The minimum atomic E-state index is -0.212. The van der Waals surface area contributed by atoms with E-state index >= 15 is 0 Å². The van der Waals surface area contributed by atoms with Crippen LogP contribution in [-0.4, -0.2) is 0 Å². The molecular formula is C58H43NO. The van der Waals surface area contributed by atoms with Gasteiger partial charge in [-0.1, -0.05) is 149 Å². The third-order valence-electron chi connectivity index (χ3n) is 13.6. The first-order chi connectivity index (χ1) is 29.2. The number of hydrogen-bond donors (Lipinski definition) is 0. The number of furan rings is 1. The van der Waals surface area contributed by atoms with Gasteiger partial charge in [-0.2, -0.15) is 0 Å². The Morgan fingerprint density at radius 2 is 0.800 bits per heavy atom. The first kappa shape index (κ1) is 34.8. The van der Waals surface area contributed by atoms with Gasteiger partial charge in [-0.05, 0) is 144 Å². The third-order valence-corrected chi connectivity index (χ3v) is 13.6. The van der Waals surface area contributed by atoms with Crippen LogP contribution in [0, 0.1) is 0 Å². The fraction of sp³-hybridized carbons (Fsp3) is 0.103. The number of benzene rings is 9. The Bertz CT molecular complexity index is 3380. The van der Waals surface area contributed by atoms with Crippen LogP contribution in [0.2, 0.25) is 0 Å². The molecule has 2 aliphatic carbocycles. The van der Waals surface area contributed by atoms with Gasteiger partial charge in [0.2, 0.25) is 0 Å². The monoisotopic (exact) mass is 769 g/mol. The van der Waals surface area contributed by atoms with Crippen LogP contribution in [0.15, 0.2) is 192 Å². The van der Waals surface area contributed by atoms with E-state index in [9.17, 15) is 0 Å². The molecule has 2 heteroatoms. The second-order valence-electron chi connectivity index (χ2n) is 17.8. The fourth-order valence-electron chi connectivity index (χ4n) is 10.4. The molecule has 0 atom stereocenters. The standard InChI is InChI=1S/C58H43NO/c1-57(2)51-32-40(36-12-6-5-7-13-36)19-25-45(51)47-27-23-43(34-53(47)57)59(42-22-18-37-14-8-9-15-38(37)30-42)44-24-28-48-46-26-20-41(33-52(46)58(3,4)54(48)35-44)39-21-29-56-50(31-39)49-16-10-11-17-55(49)60-56/h5-35H,1-4H3. The molecule has 286 valence electrons. The van der Waals surface area contributed by atoms with Crippen molar-refractivity contribution in [2.75, 3.05) is 4.90 Å². The normalized spacial score (nSPS) is 14.3. The highest BCUT2D eigenvalue weighted by Gasteiger charge is 2.38. The molecule has 0 saturated carbocycles. The first-order valence-corrected chi connectivity index (χ1v) is 21.1. The molecule has 1 aromatic heterocycles. The molecule has 0 N–H and O–H groups in total. The third kappa shape index (κ3) is 5.13. The summed E-state index contributed by atoms with van der Waals surface area (Å²) in [5.74, 6) is 0. The molecule has 60 heavy (non-hydrogen) atoms. The lowest BCUT2D eigenvalue weighted by atomic mass is 9.81. The van der Waals surface area contributed by atoms with Crippen LogP contribution in [0.5, 0.6) is 0 Å². The van der Waals surface area contributed by atoms with Crippen molar-refractivity contribution in [1.29, 1.82) is 0 Å². The number of hydrogen-bond acceptors (Lipinski definition) is 2. The number of nitrogens with zero attached hydrogens (tertiary/aromatic N) is 1. The molecule has 12 rings (SSSR count). The second-order valence-corrected chi connectivity index (χ2v) is 17.8. The topological polar surface area (TPSA) is 16.4 Å². The summed E-state index contributed by atoms with van der Waals surface area (Å²) in [5, 5.41) is 4.77. The van der Waals surface area contributed by atoms with E-state index in [1.165, 1.54) is 77.5 Å². The summed E-state index contributed by atoms with van der Waals surface area (Å²) in [5.41, 5.74) is 20.5. The molecule has 2 aliphatic rings. The van der Waals surface area contributed by atoms with Crippen molar-refractivity contribution in [3.05, 3.63) is 210 Å². The van der Waals surface area contributed by atoms with Gasteiger partial charge in [0.1, 0.15) is 11.2 Å². The van der Waals surface area contributed by atoms with E-state index in [0.717, 1.165) is 39.0 Å². The average molecular weight is 770 g/mol. The van der Waals surface area contributed by atoms with Crippen molar-refractivity contribution in [2.45, 2.75) is 38.5 Å². The molecule has 1 heterocycles. The molecule has 9 aromatic carbocycles. The van der Waals surface area contributed by atoms with Gasteiger partial charge in [0.15, 0.2) is 0 Å². The van der Waals surface area contributed by atoms with E-state index < -0.39 is 0 Å². The molecule has 0 spiro atoms. The van der Waals surface area contributed by atoms with Crippen LogP contribution in [0.1, 0.15) is 49.9 Å². The summed E-state index contributed by atoms with van der Waals surface area (Å²) >= 11 is 0. The maximum atomic E-state index is 6.17. The average Bonchev–Trinajstić information content (AvgIpc) is 3.85. The lowest BCUT2D eigenvalue weighted by Gasteiger charge is -2.30. The van der Waals surface area contributed by atoms with Crippen LogP contribution in [0.4, 0.5) is 17.1 Å². The smallest absolute Gasteiger partial charge is 0.135 e. The zero-order valence-electron chi connectivity index (χ0n) is 34.3. The summed E-state index contributed by atoms with van der Waals surface area (Å²) in [6.07, 6.45) is 0. The maximum absolute atomic E-state index is 6.17. The van der Waals surface area contributed by atoms with Gasteiger partial charge in [-0.3, -0.25) is 0 Å². The second kappa shape index (κ2) is 12.7. The number of fused-ring (bicyclic) bond motifs is 10. The lowest BCUT2D eigenvalue weighted by Crippen LogP contribution is -2.18. The maximum Gasteiger partial charge on any atom is 0.135 e.